The molecule has 2 rings (SSSR count). The van der Waals surface area contributed by atoms with Crippen LogP contribution in [0.1, 0.15) is 42.1 Å². The smallest absolute Gasteiger partial charge is 0.0576 e. The van der Waals surface area contributed by atoms with Crippen LogP contribution in [-0.4, -0.2) is 7.05 Å². The molecule has 1 atom stereocenters. The number of hydrogen-bond acceptors (Lipinski definition) is 1. The Hall–Kier alpha value is -1.60. The number of nitrogens with one attached hydrogen (secondary N) is 1. The Morgan fingerprint density at radius 2 is 1.60 bits per heavy atom. The second-order valence-corrected chi connectivity index (χ2v) is 5.92. The largest absolute Gasteiger partial charge is 0.309 e. The van der Waals surface area contributed by atoms with Gasteiger partial charge in [-0.3, -0.25) is 0 Å². The van der Waals surface area contributed by atoms with Crippen molar-refractivity contribution in [3.05, 3.63) is 70.8 Å². The molecule has 1 unspecified atom stereocenters. The van der Waals surface area contributed by atoms with E-state index in [1.165, 1.54) is 22.3 Å². The predicted octanol–water partition coefficient (Wildman–Crippen LogP) is 4.50. The molecule has 1 heteroatoms. The quantitative estimate of drug-likeness (QED) is 0.841. The highest BCUT2D eigenvalue weighted by atomic mass is 14.9. The van der Waals surface area contributed by atoms with Gasteiger partial charge in [0.25, 0.3) is 0 Å². The lowest BCUT2D eigenvalue weighted by atomic mass is 9.93. The second-order valence-electron chi connectivity index (χ2n) is 5.92. The van der Waals surface area contributed by atoms with Crippen molar-refractivity contribution < 1.29 is 0 Å². The first kappa shape index (κ1) is 14.8. The molecule has 2 aromatic carbocycles. The summed E-state index contributed by atoms with van der Waals surface area (Å²) in [6, 6.07) is 17.9. The molecule has 0 aliphatic rings. The molecule has 0 heterocycles. The summed E-state index contributed by atoms with van der Waals surface area (Å²) < 4.78 is 0. The van der Waals surface area contributed by atoms with Crippen molar-refractivity contribution in [1.82, 2.24) is 5.32 Å². The minimum absolute atomic E-state index is 0.268. The highest BCUT2D eigenvalue weighted by Crippen LogP contribution is 2.25. The lowest BCUT2D eigenvalue weighted by molar-refractivity contribution is 0.645. The fraction of sp³-hybridized carbons (Fsp3) is 0.368. The van der Waals surface area contributed by atoms with Crippen LogP contribution in [0.25, 0.3) is 0 Å². The van der Waals surface area contributed by atoms with E-state index in [2.05, 4.69) is 74.6 Å². The minimum atomic E-state index is 0.268. The molecule has 0 aliphatic carbocycles. The third kappa shape index (κ3) is 3.49. The molecule has 0 bridgehead atoms. The summed E-state index contributed by atoms with van der Waals surface area (Å²) in [6.45, 7) is 6.70. The van der Waals surface area contributed by atoms with E-state index in [9.17, 15) is 0 Å². The van der Waals surface area contributed by atoms with Gasteiger partial charge in [-0.2, -0.15) is 0 Å². The Balaban J connectivity index is 2.26. The maximum Gasteiger partial charge on any atom is 0.0576 e. The first-order valence-electron chi connectivity index (χ1n) is 7.43. The van der Waals surface area contributed by atoms with E-state index in [1.807, 2.05) is 7.05 Å². The van der Waals surface area contributed by atoms with Gasteiger partial charge in [0.05, 0.1) is 6.04 Å². The fourth-order valence-corrected chi connectivity index (χ4v) is 2.73. The van der Waals surface area contributed by atoms with Gasteiger partial charge in [0.15, 0.2) is 0 Å². The average Bonchev–Trinajstić information content (AvgIpc) is 2.43. The van der Waals surface area contributed by atoms with Crippen LogP contribution in [0.15, 0.2) is 48.5 Å². The van der Waals surface area contributed by atoms with E-state index < -0.39 is 0 Å². The van der Waals surface area contributed by atoms with E-state index in [1.54, 1.807) is 0 Å². The molecule has 20 heavy (non-hydrogen) atoms. The third-order valence-corrected chi connectivity index (χ3v) is 3.75. The molecule has 0 saturated carbocycles. The topological polar surface area (TPSA) is 12.0 Å². The molecular formula is C19H25N. The SMILES string of the molecule is CNC(c1ccc(CC(C)C)cc1)c1ccccc1C. The van der Waals surface area contributed by atoms with E-state index in [0.29, 0.717) is 5.92 Å². The summed E-state index contributed by atoms with van der Waals surface area (Å²) in [5.41, 5.74) is 5.43. The van der Waals surface area contributed by atoms with Gasteiger partial charge in [-0.05, 0) is 48.6 Å². The Kier molecular flexibility index (Phi) is 4.97. The first-order chi connectivity index (χ1) is 9.61. The molecule has 1 N–H and O–H groups in total. The van der Waals surface area contributed by atoms with E-state index in [0.717, 1.165) is 6.42 Å². The van der Waals surface area contributed by atoms with Crippen LogP contribution in [0.3, 0.4) is 0 Å². The number of aryl methyl sites for hydroxylation is 1. The Morgan fingerprint density at radius 1 is 0.950 bits per heavy atom. The molecule has 106 valence electrons. The van der Waals surface area contributed by atoms with Gasteiger partial charge in [0.1, 0.15) is 0 Å². The van der Waals surface area contributed by atoms with Crippen LogP contribution in [0.4, 0.5) is 0 Å². The summed E-state index contributed by atoms with van der Waals surface area (Å²) in [4.78, 5) is 0. The zero-order chi connectivity index (χ0) is 14.5. The van der Waals surface area contributed by atoms with Crippen LogP contribution in [0.2, 0.25) is 0 Å². The minimum Gasteiger partial charge on any atom is -0.309 e. The van der Waals surface area contributed by atoms with Crippen molar-refractivity contribution in [3.8, 4) is 0 Å². The van der Waals surface area contributed by atoms with Crippen molar-refractivity contribution in [2.75, 3.05) is 7.05 Å². The van der Waals surface area contributed by atoms with Gasteiger partial charge in [-0.15, -0.1) is 0 Å². The molecule has 0 aliphatic heterocycles. The van der Waals surface area contributed by atoms with E-state index >= 15 is 0 Å². The molecule has 0 saturated heterocycles. The number of rotatable bonds is 5. The third-order valence-electron chi connectivity index (χ3n) is 3.75. The van der Waals surface area contributed by atoms with Crippen molar-refractivity contribution in [1.29, 1.82) is 0 Å². The molecule has 0 amide bonds. The zero-order valence-corrected chi connectivity index (χ0v) is 13.0. The maximum atomic E-state index is 3.44. The predicted molar refractivity (Wildman–Crippen MR) is 87.1 cm³/mol. The highest BCUT2D eigenvalue weighted by molar-refractivity contribution is 5.37. The van der Waals surface area contributed by atoms with Crippen LogP contribution < -0.4 is 5.32 Å². The second kappa shape index (κ2) is 6.71. The molecular weight excluding hydrogens is 242 g/mol. The van der Waals surface area contributed by atoms with Gasteiger partial charge < -0.3 is 5.32 Å². The lowest BCUT2D eigenvalue weighted by Gasteiger charge is -2.20. The standard InChI is InChI=1S/C19H25N/c1-14(2)13-16-9-11-17(12-10-16)19(20-4)18-8-6-5-7-15(18)3/h5-12,14,19-20H,13H2,1-4H3. The summed E-state index contributed by atoms with van der Waals surface area (Å²) in [5.74, 6) is 0.706. The lowest BCUT2D eigenvalue weighted by Crippen LogP contribution is -2.18. The van der Waals surface area contributed by atoms with Gasteiger partial charge in [0.2, 0.25) is 0 Å². The van der Waals surface area contributed by atoms with Crippen LogP contribution >= 0.6 is 0 Å². The fourth-order valence-electron chi connectivity index (χ4n) is 2.73. The Morgan fingerprint density at radius 3 is 2.15 bits per heavy atom. The summed E-state index contributed by atoms with van der Waals surface area (Å²) >= 11 is 0. The van der Waals surface area contributed by atoms with Crippen molar-refractivity contribution in [2.24, 2.45) is 5.92 Å². The first-order valence-corrected chi connectivity index (χ1v) is 7.43. The Bertz CT molecular complexity index is 540. The normalized spacial score (nSPS) is 12.7. The maximum absolute atomic E-state index is 3.44. The summed E-state index contributed by atoms with van der Waals surface area (Å²) in [5, 5.41) is 3.44. The Labute approximate surface area is 123 Å². The van der Waals surface area contributed by atoms with Crippen LogP contribution in [0.5, 0.6) is 0 Å². The molecule has 1 nitrogen and oxygen atoms in total. The molecule has 0 spiro atoms. The van der Waals surface area contributed by atoms with Gasteiger partial charge in [-0.1, -0.05) is 62.4 Å². The molecule has 0 fully saturated rings. The molecule has 2 aromatic rings. The summed E-state index contributed by atoms with van der Waals surface area (Å²) in [7, 11) is 2.03. The summed E-state index contributed by atoms with van der Waals surface area (Å²) in [6.07, 6.45) is 1.15. The molecule has 0 radical (unpaired) electrons. The highest BCUT2D eigenvalue weighted by Gasteiger charge is 2.13. The van der Waals surface area contributed by atoms with Gasteiger partial charge in [-0.25, -0.2) is 0 Å². The molecule has 0 aromatic heterocycles. The van der Waals surface area contributed by atoms with Crippen LogP contribution in [0, 0.1) is 12.8 Å². The average molecular weight is 267 g/mol. The van der Waals surface area contributed by atoms with E-state index in [-0.39, 0.29) is 6.04 Å². The zero-order valence-electron chi connectivity index (χ0n) is 13.0. The number of benzene rings is 2. The van der Waals surface area contributed by atoms with Crippen LogP contribution in [-0.2, 0) is 6.42 Å². The number of hydrogen-bond donors (Lipinski definition) is 1. The van der Waals surface area contributed by atoms with Crippen molar-refractivity contribution in [2.45, 2.75) is 33.2 Å². The van der Waals surface area contributed by atoms with Gasteiger partial charge >= 0.3 is 0 Å². The van der Waals surface area contributed by atoms with Crippen molar-refractivity contribution in [3.63, 3.8) is 0 Å². The monoisotopic (exact) mass is 267 g/mol. The van der Waals surface area contributed by atoms with Crippen molar-refractivity contribution >= 4 is 0 Å². The van der Waals surface area contributed by atoms with Gasteiger partial charge in [0, 0.05) is 0 Å². The van der Waals surface area contributed by atoms with E-state index in [4.69, 9.17) is 0 Å².